The van der Waals surface area contributed by atoms with E-state index in [0.29, 0.717) is 23.1 Å². The van der Waals surface area contributed by atoms with Crippen molar-refractivity contribution in [2.24, 2.45) is 0 Å². The molecule has 1 aliphatic rings. The van der Waals surface area contributed by atoms with E-state index in [4.69, 9.17) is 0 Å². The van der Waals surface area contributed by atoms with Crippen LogP contribution in [0.2, 0.25) is 0 Å². The maximum Gasteiger partial charge on any atom is 0.189 e. The Balaban J connectivity index is 1.25. The Kier molecular flexibility index (Phi) is 7.71. The summed E-state index contributed by atoms with van der Waals surface area (Å²) in [6, 6.07) is 13.3. The molecule has 0 N–H and O–H groups in total. The van der Waals surface area contributed by atoms with Gasteiger partial charge < -0.3 is 0 Å². The van der Waals surface area contributed by atoms with Gasteiger partial charge in [-0.25, -0.2) is 4.57 Å². The lowest BCUT2D eigenvalue weighted by Gasteiger charge is -2.14. The highest BCUT2D eigenvalue weighted by atomic mass is 16.1. The molecule has 0 unspecified atom stereocenters. The summed E-state index contributed by atoms with van der Waals surface area (Å²) in [5, 5.41) is 0. The van der Waals surface area contributed by atoms with Crippen molar-refractivity contribution in [2.75, 3.05) is 0 Å². The zero-order valence-corrected chi connectivity index (χ0v) is 16.6. The van der Waals surface area contributed by atoms with Gasteiger partial charge in [-0.15, -0.1) is 0 Å². The van der Waals surface area contributed by atoms with Crippen LogP contribution in [0.1, 0.15) is 78.5 Å². The number of hydrogen-bond donors (Lipinski definition) is 0. The second-order valence-corrected chi connectivity index (χ2v) is 7.60. The first-order chi connectivity index (χ1) is 13.8. The lowest BCUT2D eigenvalue weighted by molar-refractivity contribution is -0.697. The lowest BCUT2D eigenvalue weighted by atomic mass is 9.87. The van der Waals surface area contributed by atoms with E-state index in [9.17, 15) is 9.59 Å². The number of carbonyl (C=O) groups excluding carboxylic acids is 2. The molecule has 0 aliphatic heterocycles. The third-order valence-corrected chi connectivity index (χ3v) is 5.42. The summed E-state index contributed by atoms with van der Waals surface area (Å²) in [6.07, 6.45) is 16.2. The number of rotatable bonds is 11. The Bertz CT molecular complexity index is 823. The highest BCUT2D eigenvalue weighted by molar-refractivity contribution is 6.24. The molecule has 2 aromatic rings. The highest BCUT2D eigenvalue weighted by Crippen LogP contribution is 2.24. The third-order valence-electron chi connectivity index (χ3n) is 5.42. The Morgan fingerprint density at radius 1 is 0.643 bits per heavy atom. The van der Waals surface area contributed by atoms with Crippen LogP contribution in [0.25, 0.3) is 0 Å². The molecule has 1 aliphatic carbocycles. The minimum atomic E-state index is -0.0288. The lowest BCUT2D eigenvalue weighted by Crippen LogP contribution is -2.32. The molecule has 0 atom stereocenters. The summed E-state index contributed by atoms with van der Waals surface area (Å²) in [5.74, 6) is 0.00496. The van der Waals surface area contributed by atoms with Crippen LogP contribution in [0.4, 0.5) is 0 Å². The largest absolute Gasteiger partial charge is 0.289 e. The average molecular weight is 377 g/mol. The quantitative estimate of drug-likeness (QED) is 0.384. The molecule has 0 amide bonds. The van der Waals surface area contributed by atoms with Crippen LogP contribution in [0, 0.1) is 0 Å². The van der Waals surface area contributed by atoms with Gasteiger partial charge in [0.15, 0.2) is 24.0 Å². The van der Waals surface area contributed by atoms with E-state index in [-0.39, 0.29) is 11.6 Å². The van der Waals surface area contributed by atoms with E-state index >= 15 is 0 Å². The number of benzene rings is 1. The maximum absolute atomic E-state index is 12.5. The number of aryl methyl sites for hydroxylation is 1. The molecular weight excluding hydrogens is 346 g/mol. The van der Waals surface area contributed by atoms with Crippen LogP contribution in [0.5, 0.6) is 0 Å². The first-order valence-corrected chi connectivity index (χ1v) is 10.6. The molecular formula is C25H30NO2+. The number of pyridine rings is 1. The standard InChI is InChI=1S/C25H30NO2/c27-24-20-21(25(28)23-16-10-9-15-22(23)24)14-8-5-3-1-2-4-6-11-17-26-18-12-7-13-19-26/h7,9-10,12-13,15-16,18-20H,1-6,8,11,14,17H2/q+1. The number of hydrogen-bond acceptors (Lipinski definition) is 2. The van der Waals surface area contributed by atoms with E-state index in [0.717, 1.165) is 19.4 Å². The van der Waals surface area contributed by atoms with Crippen molar-refractivity contribution in [3.8, 4) is 0 Å². The monoisotopic (exact) mass is 376 g/mol. The molecule has 3 nitrogen and oxygen atoms in total. The van der Waals surface area contributed by atoms with E-state index in [2.05, 4.69) is 29.1 Å². The minimum absolute atomic E-state index is 0.0288. The van der Waals surface area contributed by atoms with Crippen LogP contribution in [0.15, 0.2) is 66.5 Å². The second kappa shape index (κ2) is 10.7. The van der Waals surface area contributed by atoms with Crippen LogP contribution < -0.4 is 4.57 Å². The van der Waals surface area contributed by atoms with Crippen LogP contribution >= 0.6 is 0 Å². The fraction of sp³-hybridized carbons (Fsp3) is 0.400. The number of unbranched alkanes of at least 4 members (excludes halogenated alkanes) is 7. The molecule has 1 aromatic heterocycles. The fourth-order valence-electron chi connectivity index (χ4n) is 3.81. The van der Waals surface area contributed by atoms with Gasteiger partial charge >= 0.3 is 0 Å². The Labute approximate surface area is 168 Å². The number of allylic oxidation sites excluding steroid dienone is 2. The van der Waals surface area contributed by atoms with Crippen molar-refractivity contribution < 1.29 is 14.2 Å². The predicted molar refractivity (Wildman–Crippen MR) is 111 cm³/mol. The SMILES string of the molecule is O=C1C=C(CCCCCCCCCC[n+]2ccccc2)C(=O)c2ccccc21. The first kappa shape index (κ1) is 20.2. The zero-order valence-electron chi connectivity index (χ0n) is 16.6. The normalized spacial score (nSPS) is 13.4. The molecule has 0 bridgehead atoms. The summed E-state index contributed by atoms with van der Waals surface area (Å²) < 4.78 is 2.24. The molecule has 28 heavy (non-hydrogen) atoms. The van der Waals surface area contributed by atoms with Crippen molar-refractivity contribution in [3.05, 3.63) is 77.6 Å². The summed E-state index contributed by atoms with van der Waals surface area (Å²) in [5.41, 5.74) is 1.79. The zero-order chi connectivity index (χ0) is 19.6. The number of Topliss-reactive ketones (excluding diaryl/α,β-unsaturated/α-hetero) is 1. The molecule has 0 spiro atoms. The maximum atomic E-state index is 12.5. The van der Waals surface area contributed by atoms with Gasteiger partial charge in [0.2, 0.25) is 0 Å². The molecule has 3 heteroatoms. The number of aromatic nitrogens is 1. The van der Waals surface area contributed by atoms with Crippen molar-refractivity contribution in [2.45, 2.75) is 64.3 Å². The van der Waals surface area contributed by atoms with E-state index < -0.39 is 0 Å². The number of fused-ring (bicyclic) bond motifs is 1. The molecule has 146 valence electrons. The van der Waals surface area contributed by atoms with Gasteiger partial charge in [0.05, 0.1) is 0 Å². The Morgan fingerprint density at radius 3 is 1.96 bits per heavy atom. The van der Waals surface area contributed by atoms with Gasteiger partial charge in [0, 0.05) is 35.3 Å². The van der Waals surface area contributed by atoms with Crippen LogP contribution in [0.3, 0.4) is 0 Å². The van der Waals surface area contributed by atoms with E-state index in [1.54, 1.807) is 18.2 Å². The van der Waals surface area contributed by atoms with Crippen LogP contribution in [-0.2, 0) is 6.54 Å². The molecule has 0 saturated heterocycles. The van der Waals surface area contributed by atoms with Crippen molar-refractivity contribution in [3.63, 3.8) is 0 Å². The third kappa shape index (κ3) is 5.72. The van der Waals surface area contributed by atoms with Gasteiger partial charge in [0.1, 0.15) is 6.54 Å². The summed E-state index contributed by atoms with van der Waals surface area (Å²) in [4.78, 5) is 24.7. The van der Waals surface area contributed by atoms with E-state index in [1.807, 2.05) is 18.2 Å². The van der Waals surface area contributed by atoms with Gasteiger partial charge in [0.25, 0.3) is 0 Å². The van der Waals surface area contributed by atoms with Crippen molar-refractivity contribution in [1.82, 2.24) is 0 Å². The van der Waals surface area contributed by atoms with Gasteiger partial charge in [-0.1, -0.05) is 62.4 Å². The molecule has 0 fully saturated rings. The number of ketones is 2. The number of nitrogens with zero attached hydrogens (tertiary/aromatic N) is 1. The fourth-order valence-corrected chi connectivity index (χ4v) is 3.81. The Hall–Kier alpha value is -2.55. The Morgan fingerprint density at radius 2 is 1.25 bits per heavy atom. The van der Waals surface area contributed by atoms with Crippen molar-refractivity contribution >= 4 is 11.6 Å². The summed E-state index contributed by atoms with van der Waals surface area (Å²) in [6.45, 7) is 1.10. The first-order valence-electron chi connectivity index (χ1n) is 10.6. The molecule has 0 saturated carbocycles. The molecule has 3 rings (SSSR count). The predicted octanol–water partition coefficient (Wildman–Crippen LogP) is 5.49. The topological polar surface area (TPSA) is 38.0 Å². The van der Waals surface area contributed by atoms with Crippen molar-refractivity contribution in [1.29, 1.82) is 0 Å². The summed E-state index contributed by atoms with van der Waals surface area (Å²) >= 11 is 0. The van der Waals surface area contributed by atoms with Crippen LogP contribution in [-0.4, -0.2) is 11.6 Å². The highest BCUT2D eigenvalue weighted by Gasteiger charge is 2.24. The second-order valence-electron chi connectivity index (χ2n) is 7.60. The molecule has 0 radical (unpaired) electrons. The van der Waals surface area contributed by atoms with Gasteiger partial charge in [-0.2, -0.15) is 0 Å². The van der Waals surface area contributed by atoms with Gasteiger partial charge in [-0.3, -0.25) is 9.59 Å². The van der Waals surface area contributed by atoms with E-state index in [1.165, 1.54) is 38.5 Å². The summed E-state index contributed by atoms with van der Waals surface area (Å²) in [7, 11) is 0. The molecule has 1 aromatic carbocycles. The van der Waals surface area contributed by atoms with Gasteiger partial charge in [-0.05, 0) is 25.3 Å². The average Bonchev–Trinajstić information content (AvgIpc) is 2.73. The smallest absolute Gasteiger partial charge is 0.189 e. The molecule has 1 heterocycles. The number of carbonyl (C=O) groups is 2. The minimum Gasteiger partial charge on any atom is -0.289 e.